The highest BCUT2D eigenvalue weighted by molar-refractivity contribution is 7.13. The van der Waals surface area contributed by atoms with Gasteiger partial charge in [0.2, 0.25) is 0 Å². The van der Waals surface area contributed by atoms with Crippen molar-refractivity contribution in [3.05, 3.63) is 16.1 Å². The predicted molar refractivity (Wildman–Crippen MR) is 69.1 cm³/mol. The lowest BCUT2D eigenvalue weighted by atomic mass is 9.92. The van der Waals surface area contributed by atoms with E-state index < -0.39 is 0 Å². The molecular formula is C12H19N3OS. The molecular weight excluding hydrogens is 234 g/mol. The van der Waals surface area contributed by atoms with Crippen molar-refractivity contribution in [3.63, 3.8) is 0 Å². The topological polar surface area (TPSA) is 59.2 Å². The first-order valence-corrected chi connectivity index (χ1v) is 6.78. The first kappa shape index (κ1) is 12.5. The molecule has 2 rings (SSSR count). The third-order valence-corrected chi connectivity index (χ3v) is 4.29. The SMILES string of the molecule is Cc1ncc(C(=O)N2C[C@H](C(C)C)[C@@H](N)C2)s1. The van der Waals surface area contributed by atoms with Gasteiger partial charge in [-0.25, -0.2) is 4.98 Å². The fraction of sp³-hybridized carbons (Fsp3) is 0.667. The number of amides is 1. The molecule has 0 unspecified atom stereocenters. The highest BCUT2D eigenvalue weighted by Crippen LogP contribution is 2.25. The Hall–Kier alpha value is -0.940. The van der Waals surface area contributed by atoms with Gasteiger partial charge >= 0.3 is 0 Å². The van der Waals surface area contributed by atoms with Gasteiger partial charge in [0.05, 0.1) is 11.2 Å². The number of hydrogen-bond donors (Lipinski definition) is 1. The molecule has 4 nitrogen and oxygen atoms in total. The fourth-order valence-electron chi connectivity index (χ4n) is 2.34. The average molecular weight is 253 g/mol. The number of nitrogens with zero attached hydrogens (tertiary/aromatic N) is 2. The molecule has 1 aliphatic heterocycles. The third kappa shape index (κ3) is 2.50. The van der Waals surface area contributed by atoms with Gasteiger partial charge in [0, 0.05) is 19.1 Å². The molecule has 2 N–H and O–H groups in total. The Morgan fingerprint density at radius 1 is 1.59 bits per heavy atom. The van der Waals surface area contributed by atoms with Crippen LogP contribution in [0.3, 0.4) is 0 Å². The van der Waals surface area contributed by atoms with Crippen LogP contribution in [0.2, 0.25) is 0 Å². The molecule has 5 heteroatoms. The second-order valence-electron chi connectivity index (χ2n) is 5.03. The van der Waals surface area contributed by atoms with E-state index in [0.717, 1.165) is 16.4 Å². The standard InChI is InChI=1S/C12H19N3OS/c1-7(2)9-5-15(6-10(9)13)12(16)11-4-14-8(3)17-11/h4,7,9-10H,5-6,13H2,1-3H3/t9-,10+/m1/s1. The van der Waals surface area contributed by atoms with E-state index >= 15 is 0 Å². The summed E-state index contributed by atoms with van der Waals surface area (Å²) in [5.74, 6) is 1.01. The van der Waals surface area contributed by atoms with Crippen LogP contribution >= 0.6 is 11.3 Å². The monoisotopic (exact) mass is 253 g/mol. The minimum absolute atomic E-state index is 0.0780. The van der Waals surface area contributed by atoms with Gasteiger partial charge in [-0.15, -0.1) is 11.3 Å². The first-order chi connectivity index (χ1) is 7.99. The van der Waals surface area contributed by atoms with Crippen LogP contribution in [-0.2, 0) is 0 Å². The number of carbonyl (C=O) groups is 1. The Kier molecular flexibility index (Phi) is 3.49. The van der Waals surface area contributed by atoms with Crippen molar-refractivity contribution in [2.24, 2.45) is 17.6 Å². The molecule has 2 atom stereocenters. The first-order valence-electron chi connectivity index (χ1n) is 5.96. The molecule has 1 aromatic rings. The van der Waals surface area contributed by atoms with Gasteiger partial charge in [0.15, 0.2) is 0 Å². The molecule has 0 saturated carbocycles. The van der Waals surface area contributed by atoms with Crippen LogP contribution in [0.5, 0.6) is 0 Å². The number of likely N-dealkylation sites (tertiary alicyclic amines) is 1. The Balaban J connectivity index is 2.08. The number of thiazole rings is 1. The van der Waals surface area contributed by atoms with E-state index in [1.807, 2.05) is 11.8 Å². The lowest BCUT2D eigenvalue weighted by molar-refractivity contribution is 0.0788. The Bertz CT molecular complexity index is 416. The molecule has 1 saturated heterocycles. The zero-order valence-corrected chi connectivity index (χ0v) is 11.3. The zero-order valence-electron chi connectivity index (χ0n) is 10.5. The summed E-state index contributed by atoms with van der Waals surface area (Å²) >= 11 is 1.45. The van der Waals surface area contributed by atoms with Crippen LogP contribution in [0, 0.1) is 18.8 Å². The van der Waals surface area contributed by atoms with Gasteiger partial charge in [0.1, 0.15) is 4.88 Å². The molecule has 1 aromatic heterocycles. The molecule has 0 aliphatic carbocycles. The van der Waals surface area contributed by atoms with Crippen LogP contribution in [0.25, 0.3) is 0 Å². The van der Waals surface area contributed by atoms with Gasteiger partial charge in [-0.2, -0.15) is 0 Å². The van der Waals surface area contributed by atoms with Gasteiger partial charge in [0.25, 0.3) is 5.91 Å². The van der Waals surface area contributed by atoms with Crippen molar-refractivity contribution in [1.82, 2.24) is 9.88 Å². The molecule has 17 heavy (non-hydrogen) atoms. The van der Waals surface area contributed by atoms with Crippen LogP contribution < -0.4 is 5.73 Å². The summed E-state index contributed by atoms with van der Waals surface area (Å²) in [6.45, 7) is 7.67. The molecule has 0 bridgehead atoms. The zero-order chi connectivity index (χ0) is 12.6. The van der Waals surface area contributed by atoms with E-state index in [2.05, 4.69) is 18.8 Å². The maximum absolute atomic E-state index is 12.2. The summed E-state index contributed by atoms with van der Waals surface area (Å²) in [5.41, 5.74) is 6.09. The van der Waals surface area contributed by atoms with E-state index in [-0.39, 0.29) is 11.9 Å². The number of aromatic nitrogens is 1. The van der Waals surface area contributed by atoms with E-state index in [4.69, 9.17) is 5.73 Å². The van der Waals surface area contributed by atoms with E-state index in [9.17, 15) is 4.79 Å². The minimum atomic E-state index is 0.0780. The van der Waals surface area contributed by atoms with Gasteiger partial charge in [-0.05, 0) is 18.8 Å². The second kappa shape index (κ2) is 4.74. The highest BCUT2D eigenvalue weighted by Gasteiger charge is 2.35. The van der Waals surface area contributed by atoms with Gasteiger partial charge in [-0.1, -0.05) is 13.8 Å². The van der Waals surface area contributed by atoms with Crippen molar-refractivity contribution in [3.8, 4) is 0 Å². The predicted octanol–water partition coefficient (Wildman–Crippen LogP) is 1.51. The number of aryl methyl sites for hydroxylation is 1. The van der Waals surface area contributed by atoms with Gasteiger partial charge in [-0.3, -0.25) is 4.79 Å². The summed E-state index contributed by atoms with van der Waals surface area (Å²) in [6, 6.07) is 0.105. The van der Waals surface area contributed by atoms with E-state index in [1.165, 1.54) is 11.3 Å². The molecule has 0 radical (unpaired) electrons. The van der Waals surface area contributed by atoms with Crippen molar-refractivity contribution in [2.75, 3.05) is 13.1 Å². The van der Waals surface area contributed by atoms with Crippen molar-refractivity contribution in [2.45, 2.75) is 26.8 Å². The Morgan fingerprint density at radius 3 is 2.76 bits per heavy atom. The number of rotatable bonds is 2. The Morgan fingerprint density at radius 2 is 2.29 bits per heavy atom. The van der Waals surface area contributed by atoms with Crippen LogP contribution in [-0.4, -0.2) is 34.9 Å². The molecule has 0 aromatic carbocycles. The molecule has 1 aliphatic rings. The maximum Gasteiger partial charge on any atom is 0.265 e. The number of hydrogen-bond acceptors (Lipinski definition) is 4. The summed E-state index contributed by atoms with van der Waals surface area (Å²) in [5, 5.41) is 0.928. The smallest absolute Gasteiger partial charge is 0.265 e. The molecule has 2 heterocycles. The molecule has 1 amide bonds. The number of nitrogens with two attached hydrogens (primary N) is 1. The summed E-state index contributed by atoms with van der Waals surface area (Å²) in [6.07, 6.45) is 1.66. The quantitative estimate of drug-likeness (QED) is 0.869. The van der Waals surface area contributed by atoms with Gasteiger partial charge < -0.3 is 10.6 Å². The fourth-order valence-corrected chi connectivity index (χ4v) is 3.09. The lowest BCUT2D eigenvalue weighted by Crippen LogP contribution is -2.32. The average Bonchev–Trinajstić information content (AvgIpc) is 2.83. The maximum atomic E-state index is 12.2. The third-order valence-electron chi connectivity index (χ3n) is 3.39. The number of carbonyl (C=O) groups excluding carboxylic acids is 1. The minimum Gasteiger partial charge on any atom is -0.336 e. The van der Waals surface area contributed by atoms with Crippen molar-refractivity contribution >= 4 is 17.2 Å². The summed E-state index contributed by atoms with van der Waals surface area (Å²) < 4.78 is 0. The largest absolute Gasteiger partial charge is 0.336 e. The molecule has 1 fully saturated rings. The molecule has 0 spiro atoms. The normalized spacial score (nSPS) is 24.6. The lowest BCUT2D eigenvalue weighted by Gasteiger charge is -2.18. The van der Waals surface area contributed by atoms with Crippen LogP contribution in [0.1, 0.15) is 28.5 Å². The summed E-state index contributed by atoms with van der Waals surface area (Å²) in [4.78, 5) is 18.9. The van der Waals surface area contributed by atoms with Crippen LogP contribution in [0.4, 0.5) is 0 Å². The highest BCUT2D eigenvalue weighted by atomic mass is 32.1. The second-order valence-corrected chi connectivity index (χ2v) is 6.26. The van der Waals surface area contributed by atoms with E-state index in [0.29, 0.717) is 18.4 Å². The summed E-state index contributed by atoms with van der Waals surface area (Å²) in [7, 11) is 0. The Labute approximate surface area is 106 Å². The van der Waals surface area contributed by atoms with E-state index in [1.54, 1.807) is 6.20 Å². The van der Waals surface area contributed by atoms with Crippen LogP contribution in [0.15, 0.2) is 6.20 Å². The van der Waals surface area contributed by atoms with Crippen molar-refractivity contribution in [1.29, 1.82) is 0 Å². The van der Waals surface area contributed by atoms with Crippen molar-refractivity contribution < 1.29 is 4.79 Å². The molecule has 94 valence electrons.